The summed E-state index contributed by atoms with van der Waals surface area (Å²) in [7, 11) is 1.91. The van der Waals surface area contributed by atoms with E-state index in [1.54, 1.807) is 17.1 Å². The summed E-state index contributed by atoms with van der Waals surface area (Å²) in [6, 6.07) is 19.5. The van der Waals surface area contributed by atoms with E-state index in [4.69, 9.17) is 4.74 Å². The lowest BCUT2D eigenvalue weighted by Gasteiger charge is -2.06. The van der Waals surface area contributed by atoms with Crippen molar-refractivity contribution in [2.24, 2.45) is 7.05 Å². The lowest BCUT2D eigenvalue weighted by Crippen LogP contribution is -1.88. The van der Waals surface area contributed by atoms with E-state index in [1.807, 2.05) is 73.9 Å². The molecule has 0 saturated carbocycles. The highest BCUT2D eigenvalue weighted by Gasteiger charge is 2.15. The number of nitrogens with zero attached hydrogens (tertiary/aromatic N) is 4. The first-order valence-corrected chi connectivity index (χ1v) is 8.93. The van der Waals surface area contributed by atoms with Gasteiger partial charge in [0.15, 0.2) is 0 Å². The van der Waals surface area contributed by atoms with Crippen molar-refractivity contribution < 1.29 is 4.74 Å². The van der Waals surface area contributed by atoms with Crippen LogP contribution in [0.25, 0.3) is 33.7 Å². The van der Waals surface area contributed by atoms with Gasteiger partial charge in [0.1, 0.15) is 23.0 Å². The summed E-state index contributed by atoms with van der Waals surface area (Å²) in [6.07, 6.45) is 5.48. The number of benzene rings is 2. The van der Waals surface area contributed by atoms with E-state index >= 15 is 0 Å². The van der Waals surface area contributed by atoms with Gasteiger partial charge in [-0.3, -0.25) is 9.67 Å². The van der Waals surface area contributed by atoms with Crippen molar-refractivity contribution in [2.75, 3.05) is 0 Å². The zero-order valence-corrected chi connectivity index (χ0v) is 15.2. The fourth-order valence-electron chi connectivity index (χ4n) is 3.16. The van der Waals surface area contributed by atoms with E-state index in [0.29, 0.717) is 0 Å². The van der Waals surface area contributed by atoms with Gasteiger partial charge < -0.3 is 9.72 Å². The number of para-hydroxylation sites is 1. The third-order valence-corrected chi connectivity index (χ3v) is 4.47. The van der Waals surface area contributed by atoms with Crippen molar-refractivity contribution in [3.05, 3.63) is 79.3 Å². The van der Waals surface area contributed by atoms with Gasteiger partial charge in [-0.05, 0) is 42.5 Å². The molecule has 5 aromatic rings. The minimum atomic E-state index is 0.774. The van der Waals surface area contributed by atoms with Gasteiger partial charge in [-0.1, -0.05) is 18.2 Å². The standard InChI is InChI=1S/C22H17N5O/c1-27-14-18(22-24-19-11-12-23-13-20(19)25-22)21(26-27)15-7-9-17(10-8-15)28-16-5-3-2-4-6-16/h2-14H,1H3,(H,24,25). The van der Waals surface area contributed by atoms with Crippen LogP contribution in [0.5, 0.6) is 11.5 Å². The molecule has 28 heavy (non-hydrogen) atoms. The normalized spacial score (nSPS) is 11.0. The molecule has 0 radical (unpaired) electrons. The Morgan fingerprint density at radius 1 is 0.929 bits per heavy atom. The molecule has 2 aromatic carbocycles. The number of aromatic amines is 1. The van der Waals surface area contributed by atoms with Crippen LogP contribution in [-0.2, 0) is 7.05 Å². The zero-order valence-electron chi connectivity index (χ0n) is 15.2. The van der Waals surface area contributed by atoms with E-state index in [2.05, 4.69) is 20.1 Å². The van der Waals surface area contributed by atoms with Crippen LogP contribution in [-0.4, -0.2) is 24.7 Å². The Bertz CT molecular complexity index is 1210. The highest BCUT2D eigenvalue weighted by molar-refractivity contribution is 5.83. The van der Waals surface area contributed by atoms with Crippen LogP contribution in [0.1, 0.15) is 0 Å². The monoisotopic (exact) mass is 367 g/mol. The minimum Gasteiger partial charge on any atom is -0.457 e. The summed E-state index contributed by atoms with van der Waals surface area (Å²) in [4.78, 5) is 12.2. The highest BCUT2D eigenvalue weighted by Crippen LogP contribution is 2.32. The summed E-state index contributed by atoms with van der Waals surface area (Å²) in [5.41, 5.74) is 4.58. The smallest absolute Gasteiger partial charge is 0.142 e. The Balaban J connectivity index is 1.50. The first-order chi connectivity index (χ1) is 13.8. The molecule has 3 aromatic heterocycles. The molecule has 0 unspecified atom stereocenters. The molecule has 0 bridgehead atoms. The SMILES string of the molecule is Cn1cc(-c2nc3ccncc3[nH]2)c(-c2ccc(Oc3ccccc3)cc2)n1. The molecule has 0 aliphatic rings. The Morgan fingerprint density at radius 3 is 2.50 bits per heavy atom. The summed E-state index contributed by atoms with van der Waals surface area (Å²) in [6.45, 7) is 0. The average Bonchev–Trinajstić information content (AvgIpc) is 3.32. The quantitative estimate of drug-likeness (QED) is 0.494. The molecule has 3 heterocycles. The van der Waals surface area contributed by atoms with Crippen LogP contribution < -0.4 is 4.74 Å². The van der Waals surface area contributed by atoms with E-state index in [-0.39, 0.29) is 0 Å². The molecule has 0 fully saturated rings. The molecule has 0 spiro atoms. The van der Waals surface area contributed by atoms with E-state index in [9.17, 15) is 0 Å². The Labute approximate surface area is 161 Å². The summed E-state index contributed by atoms with van der Waals surface area (Å²) < 4.78 is 7.67. The topological polar surface area (TPSA) is 68.6 Å². The van der Waals surface area contributed by atoms with Crippen LogP contribution in [0.15, 0.2) is 79.3 Å². The molecule has 0 aliphatic heterocycles. The van der Waals surface area contributed by atoms with Crippen LogP contribution in [0.3, 0.4) is 0 Å². The zero-order chi connectivity index (χ0) is 18.9. The number of rotatable bonds is 4. The number of hydrogen-bond donors (Lipinski definition) is 1. The number of hydrogen-bond acceptors (Lipinski definition) is 4. The highest BCUT2D eigenvalue weighted by atomic mass is 16.5. The molecule has 6 heteroatoms. The van der Waals surface area contributed by atoms with E-state index < -0.39 is 0 Å². The average molecular weight is 367 g/mol. The number of aromatic nitrogens is 5. The number of H-pyrrole nitrogens is 1. The van der Waals surface area contributed by atoms with Gasteiger partial charge in [0, 0.05) is 25.0 Å². The molecular weight excluding hydrogens is 350 g/mol. The Kier molecular flexibility index (Phi) is 3.87. The molecule has 6 nitrogen and oxygen atoms in total. The lowest BCUT2D eigenvalue weighted by molar-refractivity contribution is 0.483. The molecule has 0 saturated heterocycles. The molecule has 5 rings (SSSR count). The molecule has 0 aliphatic carbocycles. The largest absolute Gasteiger partial charge is 0.457 e. The first kappa shape index (κ1) is 16.3. The van der Waals surface area contributed by atoms with Gasteiger partial charge in [-0.25, -0.2) is 4.98 Å². The number of aryl methyl sites for hydroxylation is 1. The summed E-state index contributed by atoms with van der Waals surface area (Å²) in [5, 5.41) is 4.64. The Hall–Kier alpha value is -3.93. The molecule has 0 atom stereocenters. The molecular formula is C22H17N5O. The number of ether oxygens (including phenoxy) is 1. The third-order valence-electron chi connectivity index (χ3n) is 4.47. The first-order valence-electron chi connectivity index (χ1n) is 8.93. The van der Waals surface area contributed by atoms with Crippen molar-refractivity contribution in [3.63, 3.8) is 0 Å². The maximum absolute atomic E-state index is 5.88. The fraction of sp³-hybridized carbons (Fsp3) is 0.0455. The maximum Gasteiger partial charge on any atom is 0.142 e. The predicted octanol–water partition coefficient (Wildman–Crippen LogP) is 4.82. The fourth-order valence-corrected chi connectivity index (χ4v) is 3.16. The number of imidazole rings is 1. The number of pyridine rings is 1. The lowest BCUT2D eigenvalue weighted by atomic mass is 10.1. The van der Waals surface area contributed by atoms with Gasteiger partial charge in [0.05, 0.1) is 22.8 Å². The maximum atomic E-state index is 5.88. The van der Waals surface area contributed by atoms with Crippen LogP contribution in [0, 0.1) is 0 Å². The third kappa shape index (κ3) is 3.01. The van der Waals surface area contributed by atoms with Crippen LogP contribution in [0.4, 0.5) is 0 Å². The number of nitrogens with one attached hydrogen (secondary N) is 1. The minimum absolute atomic E-state index is 0.774. The molecule has 1 N–H and O–H groups in total. The van der Waals surface area contributed by atoms with E-state index in [0.717, 1.165) is 45.2 Å². The van der Waals surface area contributed by atoms with Gasteiger partial charge >= 0.3 is 0 Å². The summed E-state index contributed by atoms with van der Waals surface area (Å²) in [5.74, 6) is 2.36. The van der Waals surface area contributed by atoms with Crippen LogP contribution >= 0.6 is 0 Å². The van der Waals surface area contributed by atoms with E-state index in [1.165, 1.54) is 0 Å². The van der Waals surface area contributed by atoms with Gasteiger partial charge in [0.2, 0.25) is 0 Å². The van der Waals surface area contributed by atoms with Gasteiger partial charge in [0.25, 0.3) is 0 Å². The molecule has 0 amide bonds. The predicted molar refractivity (Wildman–Crippen MR) is 108 cm³/mol. The van der Waals surface area contributed by atoms with Crippen LogP contribution in [0.2, 0.25) is 0 Å². The molecule has 136 valence electrons. The van der Waals surface area contributed by atoms with Crippen molar-refractivity contribution in [2.45, 2.75) is 0 Å². The summed E-state index contributed by atoms with van der Waals surface area (Å²) >= 11 is 0. The van der Waals surface area contributed by atoms with Crippen molar-refractivity contribution >= 4 is 11.0 Å². The van der Waals surface area contributed by atoms with Crippen molar-refractivity contribution in [1.29, 1.82) is 0 Å². The number of fused-ring (bicyclic) bond motifs is 1. The second kappa shape index (κ2) is 6.66. The Morgan fingerprint density at radius 2 is 1.71 bits per heavy atom. The van der Waals surface area contributed by atoms with Gasteiger partial charge in [-0.15, -0.1) is 0 Å². The van der Waals surface area contributed by atoms with Crippen molar-refractivity contribution in [1.82, 2.24) is 24.7 Å². The second-order valence-electron chi connectivity index (χ2n) is 6.48. The second-order valence-corrected chi connectivity index (χ2v) is 6.48. The van der Waals surface area contributed by atoms with Gasteiger partial charge in [-0.2, -0.15) is 5.10 Å². The van der Waals surface area contributed by atoms with Crippen molar-refractivity contribution in [3.8, 4) is 34.1 Å².